The van der Waals surface area contributed by atoms with Gasteiger partial charge in [-0.25, -0.2) is 4.98 Å². The van der Waals surface area contributed by atoms with E-state index in [1.165, 1.54) is 16.8 Å². The van der Waals surface area contributed by atoms with Crippen LogP contribution in [0.15, 0.2) is 24.3 Å². The third kappa shape index (κ3) is 4.91. The normalized spacial score (nSPS) is 9.44. The van der Waals surface area contributed by atoms with Crippen LogP contribution in [0.3, 0.4) is 0 Å². The third-order valence-electron chi connectivity index (χ3n) is 3.27. The summed E-state index contributed by atoms with van der Waals surface area (Å²) in [6.07, 6.45) is 1.03. The van der Waals surface area contributed by atoms with Gasteiger partial charge in [-0.3, -0.25) is 9.59 Å². The molecule has 25 heavy (non-hydrogen) atoms. The Bertz CT molecular complexity index is 774. The van der Waals surface area contributed by atoms with E-state index in [2.05, 4.69) is 16.0 Å². The molecule has 0 aliphatic rings. The monoisotopic (exact) mass is 341 g/mol. The summed E-state index contributed by atoms with van der Waals surface area (Å²) < 4.78 is 0. The Morgan fingerprint density at radius 2 is 2.00 bits per heavy atom. The molecule has 0 unspecified atom stereocenters. The molecule has 2 aromatic rings. The van der Waals surface area contributed by atoms with E-state index in [0.29, 0.717) is 24.2 Å². The molecule has 0 atom stereocenters. The van der Waals surface area contributed by atoms with Crippen LogP contribution in [-0.4, -0.2) is 48.3 Å². The van der Waals surface area contributed by atoms with Crippen LogP contribution in [0.25, 0.3) is 0 Å². The van der Waals surface area contributed by atoms with Crippen molar-refractivity contribution in [3.8, 4) is 6.07 Å². The second kappa shape index (κ2) is 9.23. The van der Waals surface area contributed by atoms with Gasteiger partial charge in [-0.2, -0.15) is 5.26 Å². The Kier molecular flexibility index (Phi) is 7.35. The number of carbonyl (C=O) groups excluding carboxylic acids is 2. The molecule has 0 saturated heterocycles. The number of anilines is 1. The molecule has 0 radical (unpaired) electrons. The van der Waals surface area contributed by atoms with Crippen LogP contribution in [0.1, 0.15) is 41.3 Å². The highest BCUT2D eigenvalue weighted by molar-refractivity contribution is 5.98. The zero-order valence-corrected chi connectivity index (χ0v) is 15.2. The summed E-state index contributed by atoms with van der Waals surface area (Å²) in [5, 5.41) is 8.95. The number of benzene rings is 1. The number of hydrogen-bond donors (Lipinski definition) is 1. The number of nitriles is 1. The number of aromatic nitrogens is 2. The quantitative estimate of drug-likeness (QED) is 0.844. The minimum absolute atomic E-state index is 0.260. The summed E-state index contributed by atoms with van der Waals surface area (Å²) in [7, 11) is 4.80. The molecule has 0 bridgehead atoms. The third-order valence-corrected chi connectivity index (χ3v) is 3.27. The molecule has 1 N–H and O–H groups in total. The predicted molar refractivity (Wildman–Crippen MR) is 96.4 cm³/mol. The minimum atomic E-state index is -0.266. The van der Waals surface area contributed by atoms with E-state index < -0.39 is 0 Å². The van der Waals surface area contributed by atoms with Crippen molar-refractivity contribution in [3.63, 3.8) is 0 Å². The molecule has 2 amide bonds. The van der Waals surface area contributed by atoms with E-state index in [0.717, 1.165) is 5.56 Å². The standard InChI is InChI=1S/C16H17N5O2.C2H6/c1-20(2)16(23)14-15(21(3)10-22)19-13(18-14)8-11-5-4-6-12(7-11)9-17;1-2/h4-7,10H,8H2,1-3H3,(H,18,19);1-2H3. The molecule has 1 aromatic heterocycles. The molecule has 0 aliphatic heterocycles. The van der Waals surface area contributed by atoms with E-state index in [4.69, 9.17) is 5.26 Å². The molecule has 1 heterocycles. The van der Waals surface area contributed by atoms with Crippen molar-refractivity contribution in [3.05, 3.63) is 46.9 Å². The number of H-pyrrole nitrogens is 1. The molecular formula is C18H23N5O2. The Hall–Kier alpha value is -3.14. The molecule has 0 saturated carbocycles. The van der Waals surface area contributed by atoms with Gasteiger partial charge in [0, 0.05) is 27.6 Å². The van der Waals surface area contributed by atoms with E-state index in [9.17, 15) is 9.59 Å². The van der Waals surface area contributed by atoms with Crippen molar-refractivity contribution >= 4 is 18.1 Å². The van der Waals surface area contributed by atoms with Gasteiger partial charge >= 0.3 is 0 Å². The van der Waals surface area contributed by atoms with Gasteiger partial charge in [0.15, 0.2) is 5.82 Å². The highest BCUT2D eigenvalue weighted by atomic mass is 16.2. The van der Waals surface area contributed by atoms with Crippen LogP contribution < -0.4 is 4.90 Å². The van der Waals surface area contributed by atoms with E-state index in [1.807, 2.05) is 19.9 Å². The Labute approximate surface area is 147 Å². The predicted octanol–water partition coefficient (Wildman–Crippen LogP) is 2.19. The summed E-state index contributed by atoms with van der Waals surface area (Å²) in [6.45, 7) is 4.00. The second-order valence-corrected chi connectivity index (χ2v) is 5.29. The zero-order valence-electron chi connectivity index (χ0n) is 15.2. The van der Waals surface area contributed by atoms with E-state index in [-0.39, 0.29) is 17.4 Å². The number of carbonyl (C=O) groups is 2. The van der Waals surface area contributed by atoms with Crippen molar-refractivity contribution in [2.75, 3.05) is 26.0 Å². The molecule has 1 aromatic carbocycles. The first-order valence-electron chi connectivity index (χ1n) is 7.94. The fraction of sp³-hybridized carbons (Fsp3) is 0.333. The number of nitrogens with one attached hydrogen (secondary N) is 1. The molecule has 132 valence electrons. The maximum absolute atomic E-state index is 12.2. The minimum Gasteiger partial charge on any atom is -0.343 e. The summed E-state index contributed by atoms with van der Waals surface area (Å²) >= 11 is 0. The summed E-state index contributed by atoms with van der Waals surface area (Å²) in [6, 6.07) is 9.24. The largest absolute Gasteiger partial charge is 0.343 e. The van der Waals surface area contributed by atoms with Crippen LogP contribution in [0, 0.1) is 11.3 Å². The summed E-state index contributed by atoms with van der Waals surface area (Å²) in [4.78, 5) is 33.2. The SMILES string of the molecule is CC.CN(C)C(=O)c1[nH]c(Cc2cccc(C#N)c2)nc1N(C)C=O. The van der Waals surface area contributed by atoms with Gasteiger partial charge in [-0.15, -0.1) is 0 Å². The van der Waals surface area contributed by atoms with Gasteiger partial charge in [0.2, 0.25) is 6.41 Å². The number of rotatable bonds is 5. The van der Waals surface area contributed by atoms with Crippen LogP contribution in [0.5, 0.6) is 0 Å². The first-order chi connectivity index (χ1) is 12.0. The van der Waals surface area contributed by atoms with Crippen molar-refractivity contribution < 1.29 is 9.59 Å². The number of hydrogen-bond acceptors (Lipinski definition) is 4. The van der Waals surface area contributed by atoms with Crippen molar-refractivity contribution in [1.29, 1.82) is 5.26 Å². The fourth-order valence-corrected chi connectivity index (χ4v) is 2.12. The number of amides is 2. The van der Waals surface area contributed by atoms with E-state index in [1.54, 1.807) is 32.3 Å². The van der Waals surface area contributed by atoms with Gasteiger partial charge in [0.1, 0.15) is 11.5 Å². The Morgan fingerprint density at radius 1 is 1.32 bits per heavy atom. The maximum atomic E-state index is 12.2. The lowest BCUT2D eigenvalue weighted by Gasteiger charge is -2.12. The summed E-state index contributed by atoms with van der Waals surface area (Å²) in [5.74, 6) is 0.567. The molecule has 0 aliphatic carbocycles. The van der Waals surface area contributed by atoms with Crippen LogP contribution >= 0.6 is 0 Å². The lowest BCUT2D eigenvalue weighted by Crippen LogP contribution is -2.25. The van der Waals surface area contributed by atoms with Gasteiger partial charge in [-0.05, 0) is 17.7 Å². The smallest absolute Gasteiger partial charge is 0.273 e. The highest BCUT2D eigenvalue weighted by Crippen LogP contribution is 2.19. The average Bonchev–Trinajstić information content (AvgIpc) is 3.05. The molecular weight excluding hydrogens is 318 g/mol. The number of nitrogens with zero attached hydrogens (tertiary/aromatic N) is 4. The molecule has 7 heteroatoms. The van der Waals surface area contributed by atoms with Crippen molar-refractivity contribution in [1.82, 2.24) is 14.9 Å². The number of imidazole rings is 1. The Balaban J connectivity index is 0.00000151. The van der Waals surface area contributed by atoms with Gasteiger partial charge in [0.25, 0.3) is 5.91 Å². The lowest BCUT2D eigenvalue weighted by atomic mass is 10.1. The van der Waals surface area contributed by atoms with Crippen molar-refractivity contribution in [2.45, 2.75) is 20.3 Å². The van der Waals surface area contributed by atoms with Gasteiger partial charge in [0.05, 0.1) is 11.6 Å². The van der Waals surface area contributed by atoms with Crippen LogP contribution in [0.4, 0.5) is 5.82 Å². The molecule has 2 rings (SSSR count). The first-order valence-corrected chi connectivity index (χ1v) is 7.94. The lowest BCUT2D eigenvalue weighted by molar-refractivity contribution is -0.107. The summed E-state index contributed by atoms with van der Waals surface area (Å²) in [5.41, 5.74) is 1.71. The number of aromatic amines is 1. The zero-order chi connectivity index (χ0) is 19.0. The molecule has 0 fully saturated rings. The van der Waals surface area contributed by atoms with Crippen LogP contribution in [0.2, 0.25) is 0 Å². The van der Waals surface area contributed by atoms with E-state index >= 15 is 0 Å². The van der Waals surface area contributed by atoms with Gasteiger partial charge < -0.3 is 14.8 Å². The Morgan fingerprint density at radius 3 is 2.56 bits per heavy atom. The highest BCUT2D eigenvalue weighted by Gasteiger charge is 2.21. The maximum Gasteiger partial charge on any atom is 0.273 e. The van der Waals surface area contributed by atoms with Crippen LogP contribution in [-0.2, 0) is 11.2 Å². The topological polar surface area (TPSA) is 93.1 Å². The average molecular weight is 341 g/mol. The van der Waals surface area contributed by atoms with Crippen molar-refractivity contribution in [2.24, 2.45) is 0 Å². The molecule has 7 nitrogen and oxygen atoms in total. The van der Waals surface area contributed by atoms with Gasteiger partial charge in [-0.1, -0.05) is 26.0 Å². The second-order valence-electron chi connectivity index (χ2n) is 5.29. The first kappa shape index (κ1) is 19.9. The molecule has 0 spiro atoms. The fourth-order valence-electron chi connectivity index (χ4n) is 2.12.